The van der Waals surface area contributed by atoms with Gasteiger partial charge in [-0.3, -0.25) is 4.79 Å². The standard InChI is InChI=1S/C26H25NO6S/c1-14-17-11-19-22(32-15(2)24(19)16-7-5-4-6-8-16)13-21(17)33-26(31)18(14)12-23(28)27-20(25(29)30)9-10-34-3/h4-8,11,13,20H,9-10,12H2,1-3H3,(H,27,28)(H,29,30)/t20-/m0/s1. The summed E-state index contributed by atoms with van der Waals surface area (Å²) in [6, 6.07) is 12.5. The summed E-state index contributed by atoms with van der Waals surface area (Å²) in [7, 11) is 0. The number of aryl methyl sites for hydroxylation is 2. The van der Waals surface area contributed by atoms with E-state index < -0.39 is 23.5 Å². The largest absolute Gasteiger partial charge is 0.480 e. The topological polar surface area (TPSA) is 110 Å². The van der Waals surface area contributed by atoms with Gasteiger partial charge in [0.25, 0.3) is 0 Å². The number of benzene rings is 2. The third-order valence-electron chi connectivity index (χ3n) is 5.92. The lowest BCUT2D eigenvalue weighted by Crippen LogP contribution is -2.42. The van der Waals surface area contributed by atoms with E-state index in [0.29, 0.717) is 34.3 Å². The van der Waals surface area contributed by atoms with Crippen LogP contribution in [0.15, 0.2) is 56.1 Å². The van der Waals surface area contributed by atoms with Crippen molar-refractivity contribution in [1.29, 1.82) is 0 Å². The van der Waals surface area contributed by atoms with Crippen LogP contribution in [0.25, 0.3) is 33.1 Å². The van der Waals surface area contributed by atoms with Crippen LogP contribution >= 0.6 is 11.8 Å². The molecule has 2 heterocycles. The first kappa shape index (κ1) is 23.6. The fourth-order valence-electron chi connectivity index (χ4n) is 4.17. The summed E-state index contributed by atoms with van der Waals surface area (Å²) in [5.74, 6) is -0.288. The Morgan fingerprint density at radius 3 is 2.44 bits per heavy atom. The molecule has 0 saturated carbocycles. The number of hydrogen-bond acceptors (Lipinski definition) is 6. The third-order valence-corrected chi connectivity index (χ3v) is 6.56. The second kappa shape index (κ2) is 9.77. The average Bonchev–Trinajstić information content (AvgIpc) is 3.13. The Morgan fingerprint density at radius 1 is 1.06 bits per heavy atom. The molecule has 0 unspecified atom stereocenters. The summed E-state index contributed by atoms with van der Waals surface area (Å²) < 4.78 is 11.5. The minimum absolute atomic E-state index is 0.208. The Balaban J connectivity index is 1.74. The Hall–Kier alpha value is -3.52. The molecule has 7 nitrogen and oxygen atoms in total. The van der Waals surface area contributed by atoms with Crippen molar-refractivity contribution in [3.63, 3.8) is 0 Å². The fourth-order valence-corrected chi connectivity index (χ4v) is 4.64. The molecule has 0 spiro atoms. The molecule has 0 radical (unpaired) electrons. The van der Waals surface area contributed by atoms with Gasteiger partial charge in [0.05, 0.1) is 12.0 Å². The van der Waals surface area contributed by atoms with Crippen molar-refractivity contribution in [1.82, 2.24) is 5.32 Å². The maximum Gasteiger partial charge on any atom is 0.340 e. The van der Waals surface area contributed by atoms with Gasteiger partial charge in [-0.05, 0) is 49.5 Å². The van der Waals surface area contributed by atoms with Gasteiger partial charge in [-0.15, -0.1) is 0 Å². The zero-order chi connectivity index (χ0) is 24.4. The van der Waals surface area contributed by atoms with Crippen LogP contribution in [0.1, 0.15) is 23.3 Å². The molecule has 176 valence electrons. The number of hydrogen-bond donors (Lipinski definition) is 2. The first-order chi connectivity index (χ1) is 16.3. The van der Waals surface area contributed by atoms with Crippen LogP contribution in [0.3, 0.4) is 0 Å². The Bertz CT molecular complexity index is 1440. The van der Waals surface area contributed by atoms with Gasteiger partial charge in [0.15, 0.2) is 0 Å². The van der Waals surface area contributed by atoms with Crippen LogP contribution < -0.4 is 10.9 Å². The highest BCUT2D eigenvalue weighted by Crippen LogP contribution is 2.37. The van der Waals surface area contributed by atoms with E-state index in [4.69, 9.17) is 8.83 Å². The average molecular weight is 480 g/mol. The maximum absolute atomic E-state index is 12.7. The number of carboxylic acids is 1. The van der Waals surface area contributed by atoms with E-state index in [9.17, 15) is 19.5 Å². The normalized spacial score (nSPS) is 12.2. The predicted molar refractivity (Wildman–Crippen MR) is 133 cm³/mol. The molecule has 0 bridgehead atoms. The van der Waals surface area contributed by atoms with E-state index in [2.05, 4.69) is 5.32 Å². The van der Waals surface area contributed by atoms with Crippen LogP contribution in [-0.2, 0) is 16.0 Å². The molecule has 0 aliphatic carbocycles. The second-order valence-electron chi connectivity index (χ2n) is 8.15. The van der Waals surface area contributed by atoms with E-state index in [-0.39, 0.29) is 12.0 Å². The number of amides is 1. The Morgan fingerprint density at radius 2 is 1.76 bits per heavy atom. The Kier molecular flexibility index (Phi) is 6.79. The van der Waals surface area contributed by atoms with Gasteiger partial charge >= 0.3 is 11.6 Å². The predicted octanol–water partition coefficient (Wildman–Crippen LogP) is 4.69. The number of nitrogens with one attached hydrogen (secondary N) is 1. The molecular formula is C26H25NO6S. The van der Waals surface area contributed by atoms with Gasteiger partial charge in [-0.1, -0.05) is 30.3 Å². The highest BCUT2D eigenvalue weighted by atomic mass is 32.2. The van der Waals surface area contributed by atoms with Crippen LogP contribution in [0.5, 0.6) is 0 Å². The molecule has 8 heteroatoms. The summed E-state index contributed by atoms with van der Waals surface area (Å²) >= 11 is 1.50. The number of carbonyl (C=O) groups is 2. The highest BCUT2D eigenvalue weighted by molar-refractivity contribution is 7.98. The van der Waals surface area contributed by atoms with E-state index >= 15 is 0 Å². The smallest absolute Gasteiger partial charge is 0.340 e. The lowest BCUT2D eigenvalue weighted by molar-refractivity contribution is -0.141. The number of furan rings is 1. The molecule has 0 aliphatic heterocycles. The van der Waals surface area contributed by atoms with Gasteiger partial charge in [0.1, 0.15) is 23.0 Å². The number of thioether (sulfide) groups is 1. The van der Waals surface area contributed by atoms with Crippen LogP contribution in [-0.4, -0.2) is 35.0 Å². The van der Waals surface area contributed by atoms with Crippen molar-refractivity contribution in [2.75, 3.05) is 12.0 Å². The second-order valence-corrected chi connectivity index (χ2v) is 9.14. The molecule has 0 saturated heterocycles. The molecule has 34 heavy (non-hydrogen) atoms. The molecule has 1 atom stereocenters. The van der Waals surface area contributed by atoms with Crippen molar-refractivity contribution in [2.24, 2.45) is 0 Å². The van der Waals surface area contributed by atoms with Gasteiger partial charge in [0.2, 0.25) is 5.91 Å². The van der Waals surface area contributed by atoms with Crippen molar-refractivity contribution in [3.05, 3.63) is 69.8 Å². The SMILES string of the molecule is CSCC[C@H](NC(=O)Cc1c(C)c2cc3c(-c4ccccc4)c(C)oc3cc2oc1=O)C(=O)O. The summed E-state index contributed by atoms with van der Waals surface area (Å²) in [6.07, 6.45) is 1.90. The van der Waals surface area contributed by atoms with E-state index in [0.717, 1.165) is 22.3 Å². The minimum atomic E-state index is -1.10. The summed E-state index contributed by atoms with van der Waals surface area (Å²) in [5.41, 5.74) is 3.16. The number of fused-ring (bicyclic) bond motifs is 2. The van der Waals surface area contributed by atoms with Gasteiger partial charge in [0, 0.05) is 22.4 Å². The molecule has 4 rings (SSSR count). The van der Waals surface area contributed by atoms with Crippen LogP contribution in [0.4, 0.5) is 0 Å². The quantitative estimate of drug-likeness (QED) is 0.353. The first-order valence-electron chi connectivity index (χ1n) is 10.9. The third kappa shape index (κ3) is 4.59. The minimum Gasteiger partial charge on any atom is -0.480 e. The first-order valence-corrected chi connectivity index (χ1v) is 12.3. The molecule has 2 N–H and O–H groups in total. The van der Waals surface area contributed by atoms with Crippen LogP contribution in [0.2, 0.25) is 0 Å². The zero-order valence-corrected chi connectivity index (χ0v) is 20.0. The summed E-state index contributed by atoms with van der Waals surface area (Å²) in [5, 5.41) is 13.5. The van der Waals surface area contributed by atoms with Crippen molar-refractivity contribution in [3.8, 4) is 11.1 Å². The number of carboxylic acid groups (broad SMARTS) is 1. The fraction of sp³-hybridized carbons (Fsp3) is 0.269. The highest BCUT2D eigenvalue weighted by Gasteiger charge is 2.23. The molecule has 0 fully saturated rings. The molecule has 0 aliphatic rings. The lowest BCUT2D eigenvalue weighted by Gasteiger charge is -2.14. The monoisotopic (exact) mass is 479 g/mol. The van der Waals surface area contributed by atoms with Gasteiger partial charge < -0.3 is 19.3 Å². The van der Waals surface area contributed by atoms with Gasteiger partial charge in [-0.25, -0.2) is 9.59 Å². The number of carbonyl (C=O) groups excluding carboxylic acids is 1. The van der Waals surface area contributed by atoms with Crippen LogP contribution in [0, 0.1) is 13.8 Å². The van der Waals surface area contributed by atoms with E-state index in [1.807, 2.05) is 49.6 Å². The summed E-state index contributed by atoms with van der Waals surface area (Å²) in [4.78, 5) is 36.8. The molecular weight excluding hydrogens is 454 g/mol. The molecule has 2 aromatic heterocycles. The van der Waals surface area contributed by atoms with Crippen molar-refractivity contribution in [2.45, 2.75) is 32.7 Å². The number of aliphatic carboxylic acids is 1. The number of rotatable bonds is 8. The zero-order valence-electron chi connectivity index (χ0n) is 19.1. The molecule has 4 aromatic rings. The van der Waals surface area contributed by atoms with Crippen molar-refractivity contribution >= 4 is 45.6 Å². The van der Waals surface area contributed by atoms with Crippen molar-refractivity contribution < 1.29 is 23.5 Å². The lowest BCUT2D eigenvalue weighted by atomic mass is 9.98. The molecule has 2 aromatic carbocycles. The van der Waals surface area contributed by atoms with E-state index in [1.54, 1.807) is 13.0 Å². The summed E-state index contributed by atoms with van der Waals surface area (Å²) in [6.45, 7) is 3.66. The Labute approximate surface area is 200 Å². The maximum atomic E-state index is 12.7. The molecule has 1 amide bonds. The van der Waals surface area contributed by atoms with E-state index in [1.165, 1.54) is 11.8 Å². The van der Waals surface area contributed by atoms with Gasteiger partial charge in [-0.2, -0.15) is 11.8 Å².